The summed E-state index contributed by atoms with van der Waals surface area (Å²) in [5.41, 5.74) is 19.2. The van der Waals surface area contributed by atoms with E-state index in [2.05, 4.69) is 340 Å². The maximum absolute atomic E-state index is 2.50. The molecule has 0 heterocycles. The van der Waals surface area contributed by atoms with Gasteiger partial charge in [0.05, 0.1) is 0 Å². The van der Waals surface area contributed by atoms with E-state index in [4.69, 9.17) is 0 Å². The molecule has 0 unspecified atom stereocenters. The highest BCUT2D eigenvalue weighted by Crippen LogP contribution is 2.51. The van der Waals surface area contributed by atoms with Crippen molar-refractivity contribution < 1.29 is 0 Å². The summed E-state index contributed by atoms with van der Waals surface area (Å²) >= 11 is 0. The first-order valence-electron chi connectivity index (χ1n) is 31.3. The van der Waals surface area contributed by atoms with Gasteiger partial charge < -0.3 is 0 Å². The van der Waals surface area contributed by atoms with Crippen molar-refractivity contribution in [2.24, 2.45) is 0 Å². The van der Waals surface area contributed by atoms with Crippen LogP contribution in [0.2, 0.25) is 0 Å². The van der Waals surface area contributed by atoms with Gasteiger partial charge in [-0.1, -0.05) is 322 Å². The molecule has 0 atom stereocenters. The van der Waals surface area contributed by atoms with Crippen LogP contribution in [-0.2, 0) is 0 Å². The Labute approximate surface area is 522 Å². The van der Waals surface area contributed by atoms with Crippen LogP contribution in [0.15, 0.2) is 340 Å². The van der Waals surface area contributed by atoms with Gasteiger partial charge in [-0.3, -0.25) is 0 Å². The third-order valence-corrected chi connectivity index (χ3v) is 19.2. The molecule has 0 aliphatic carbocycles. The largest absolute Gasteiger partial charge is 0.0616 e. The predicted molar refractivity (Wildman–Crippen MR) is 387 cm³/mol. The summed E-state index contributed by atoms with van der Waals surface area (Å²) in [5.74, 6) is 0. The highest BCUT2D eigenvalue weighted by Gasteiger charge is 2.24. The maximum atomic E-state index is 2.50. The molecule has 18 aromatic rings. The third-order valence-electron chi connectivity index (χ3n) is 19.2. The smallest absolute Gasteiger partial charge is 0.00201 e. The van der Waals surface area contributed by atoms with Gasteiger partial charge in [-0.25, -0.2) is 0 Å². The first-order chi connectivity index (χ1) is 44.7. The molecule has 18 aromatic carbocycles. The first kappa shape index (κ1) is 51.5. The van der Waals surface area contributed by atoms with Gasteiger partial charge in [0.15, 0.2) is 0 Å². The highest BCUT2D eigenvalue weighted by molar-refractivity contribution is 6.25. The normalized spacial score (nSPS) is 11.8. The second kappa shape index (κ2) is 21.0. The molecule has 90 heavy (non-hydrogen) atoms. The lowest BCUT2D eigenvalue weighted by atomic mass is 9.81. The molecule has 0 N–H and O–H groups in total. The Morgan fingerprint density at radius 1 is 0.122 bits per heavy atom. The van der Waals surface area contributed by atoms with Gasteiger partial charge in [0.2, 0.25) is 0 Å². The molecule has 416 valence electrons. The van der Waals surface area contributed by atoms with E-state index in [0.717, 1.165) is 16.7 Å². The number of rotatable bonds is 8. The number of fused-ring (bicyclic) bond motifs is 9. The Morgan fingerprint density at radius 2 is 0.344 bits per heavy atom. The molecule has 0 aromatic heterocycles. The zero-order valence-corrected chi connectivity index (χ0v) is 49.3. The van der Waals surface area contributed by atoms with E-state index in [-0.39, 0.29) is 0 Å². The van der Waals surface area contributed by atoms with Crippen LogP contribution in [0.25, 0.3) is 186 Å². The van der Waals surface area contributed by atoms with Crippen molar-refractivity contribution in [2.45, 2.75) is 0 Å². The van der Waals surface area contributed by atoms with Crippen molar-refractivity contribution in [1.29, 1.82) is 0 Å². The summed E-state index contributed by atoms with van der Waals surface area (Å²) in [6, 6.07) is 127. The van der Waals surface area contributed by atoms with E-state index in [0.29, 0.717) is 0 Å². The van der Waals surface area contributed by atoms with Crippen molar-refractivity contribution in [3.05, 3.63) is 340 Å². The molecular formula is C90H56. The van der Waals surface area contributed by atoms with Crippen molar-refractivity contribution in [2.75, 3.05) is 0 Å². The lowest BCUT2D eigenvalue weighted by Gasteiger charge is -2.22. The molecule has 0 aliphatic rings. The molecule has 0 bridgehead atoms. The van der Waals surface area contributed by atoms with Crippen molar-refractivity contribution >= 4 is 97.0 Å². The van der Waals surface area contributed by atoms with Crippen LogP contribution in [0.3, 0.4) is 0 Å². The molecule has 0 amide bonds. The zero-order valence-electron chi connectivity index (χ0n) is 49.3. The summed E-state index contributed by atoms with van der Waals surface area (Å²) in [5, 5.41) is 22.0. The molecule has 0 saturated carbocycles. The molecule has 0 radical (unpaired) electrons. The van der Waals surface area contributed by atoms with Crippen LogP contribution in [-0.4, -0.2) is 0 Å². The van der Waals surface area contributed by atoms with E-state index in [9.17, 15) is 0 Å². The van der Waals surface area contributed by atoms with Crippen LogP contribution >= 0.6 is 0 Å². The van der Waals surface area contributed by atoms with Gasteiger partial charge in [-0.15, -0.1) is 0 Å². The molecule has 18 rings (SSSR count). The Bertz CT molecular complexity index is 5460. The summed E-state index contributed by atoms with van der Waals surface area (Å²) in [7, 11) is 0. The lowest BCUT2D eigenvalue weighted by Crippen LogP contribution is -1.95. The van der Waals surface area contributed by atoms with E-state index >= 15 is 0 Å². The summed E-state index contributed by atoms with van der Waals surface area (Å²) < 4.78 is 0. The fraction of sp³-hybridized carbons (Fsp3) is 0. The minimum absolute atomic E-state index is 1.15. The quantitative estimate of drug-likeness (QED) is 0.133. The highest BCUT2D eigenvalue weighted by atomic mass is 14.3. The average Bonchev–Trinajstić information content (AvgIpc) is 0.974. The number of hydrogen-bond donors (Lipinski definition) is 0. The van der Waals surface area contributed by atoms with Crippen LogP contribution in [0.5, 0.6) is 0 Å². The van der Waals surface area contributed by atoms with Crippen LogP contribution in [0.1, 0.15) is 0 Å². The predicted octanol–water partition coefficient (Wildman–Crippen LogP) is 25.4. The van der Waals surface area contributed by atoms with Crippen molar-refractivity contribution in [1.82, 2.24) is 0 Å². The topological polar surface area (TPSA) is 0 Å². The standard InChI is InChI=1S/C90H56/c1-6-32-65-57(22-1)27-15-41-72(65)79-48-20-46-77-70(50-52-85(88(77)79)74-43-17-29-59-24-3-8-34-67(59)74)62-54-63(56-64(55-62)87-81-37-11-13-39-83(81)90(84-40-14-12-38-82(84)87)76-45-19-31-61-26-5-10-36-69(61)76)71-51-53-86(75-44-18-30-60-25-4-9-35-68(60)75)89-78(71)47-21-49-80(89)73-42-16-28-58-23-2-7-33-66(58)73/h1-56H. The van der Waals surface area contributed by atoms with Crippen molar-refractivity contribution in [3.8, 4) is 89.0 Å². The van der Waals surface area contributed by atoms with E-state index < -0.39 is 0 Å². The Morgan fingerprint density at radius 3 is 0.700 bits per heavy atom. The number of benzene rings is 18. The molecule has 0 heteroatoms. The van der Waals surface area contributed by atoms with Crippen LogP contribution in [0.4, 0.5) is 0 Å². The molecule has 0 fully saturated rings. The Hall–Kier alpha value is -11.7. The zero-order chi connectivity index (χ0) is 59.2. The Kier molecular flexibility index (Phi) is 12.0. The second-order valence-corrected chi connectivity index (χ2v) is 24.1. The van der Waals surface area contributed by atoms with Crippen molar-refractivity contribution in [3.63, 3.8) is 0 Å². The second-order valence-electron chi connectivity index (χ2n) is 24.1. The van der Waals surface area contributed by atoms with Gasteiger partial charge in [0.25, 0.3) is 0 Å². The van der Waals surface area contributed by atoms with Gasteiger partial charge in [0, 0.05) is 0 Å². The van der Waals surface area contributed by atoms with Gasteiger partial charge in [-0.05, 0) is 204 Å². The fourth-order valence-corrected chi connectivity index (χ4v) is 15.3. The molecular weight excluding hydrogens is 1080 g/mol. The van der Waals surface area contributed by atoms with Gasteiger partial charge in [0.1, 0.15) is 0 Å². The average molecular weight is 1140 g/mol. The summed E-state index contributed by atoms with van der Waals surface area (Å²) in [4.78, 5) is 0. The van der Waals surface area contributed by atoms with Gasteiger partial charge >= 0.3 is 0 Å². The SMILES string of the molecule is c1ccc2c(-c3c4ccccc4c(-c4cc(-c5ccc(-c6cccc7ccccc67)c6c(-c7cccc8ccccc78)cccc56)cc(-c5ccc(-c6cccc7ccccc67)c6c(-c7cccc8ccccc78)cccc56)c4)c4ccccc34)cccc2c1. The first-order valence-corrected chi connectivity index (χ1v) is 31.3. The third kappa shape index (κ3) is 8.23. The lowest BCUT2D eigenvalue weighted by molar-refractivity contribution is 1.60. The van der Waals surface area contributed by atoms with Crippen LogP contribution in [0, 0.1) is 0 Å². The monoisotopic (exact) mass is 1140 g/mol. The molecule has 0 aliphatic heterocycles. The fourth-order valence-electron chi connectivity index (χ4n) is 15.3. The number of hydrogen-bond acceptors (Lipinski definition) is 0. The Balaban J connectivity index is 0.972. The summed E-state index contributed by atoms with van der Waals surface area (Å²) in [6.07, 6.45) is 0. The molecule has 0 saturated heterocycles. The van der Waals surface area contributed by atoms with E-state index in [1.165, 1.54) is 169 Å². The maximum Gasteiger partial charge on any atom is -0.00201 e. The summed E-state index contributed by atoms with van der Waals surface area (Å²) in [6.45, 7) is 0. The molecule has 0 spiro atoms. The van der Waals surface area contributed by atoms with E-state index in [1.807, 2.05) is 0 Å². The van der Waals surface area contributed by atoms with E-state index in [1.54, 1.807) is 0 Å². The molecule has 0 nitrogen and oxygen atoms in total. The minimum atomic E-state index is 1.15. The minimum Gasteiger partial charge on any atom is -0.0616 e. The van der Waals surface area contributed by atoms with Gasteiger partial charge in [-0.2, -0.15) is 0 Å². The van der Waals surface area contributed by atoms with Crippen LogP contribution < -0.4 is 0 Å².